The third-order valence-corrected chi connectivity index (χ3v) is 4.25. The quantitative estimate of drug-likeness (QED) is 0.725. The number of carbonyl (C=O) groups excluding carboxylic acids is 2. The average molecular weight is 333 g/mol. The fourth-order valence-corrected chi connectivity index (χ4v) is 2.96. The van der Waals surface area contributed by atoms with Gasteiger partial charge in [0.1, 0.15) is 5.75 Å². The summed E-state index contributed by atoms with van der Waals surface area (Å²) in [5.41, 5.74) is 6.07. The zero-order valence-electron chi connectivity index (χ0n) is 12.7. The van der Waals surface area contributed by atoms with Gasteiger partial charge >= 0.3 is 6.03 Å². The van der Waals surface area contributed by atoms with Crippen LogP contribution in [0.5, 0.6) is 5.75 Å². The molecule has 1 heterocycles. The van der Waals surface area contributed by atoms with Crippen LogP contribution in [0.2, 0.25) is 0 Å². The molecule has 7 heteroatoms. The lowest BCUT2D eigenvalue weighted by Gasteiger charge is -2.16. The highest BCUT2D eigenvalue weighted by molar-refractivity contribution is 7.10. The highest BCUT2D eigenvalue weighted by Crippen LogP contribution is 2.22. The molecule has 0 aliphatic heterocycles. The number of amides is 3. The minimum absolute atomic E-state index is 0.124. The van der Waals surface area contributed by atoms with Gasteiger partial charge in [0.05, 0.1) is 19.6 Å². The molecule has 1 atom stereocenters. The van der Waals surface area contributed by atoms with Crippen molar-refractivity contribution in [2.24, 2.45) is 5.73 Å². The molecule has 1 aromatic heterocycles. The Morgan fingerprint density at radius 2 is 2.04 bits per heavy atom. The third kappa shape index (κ3) is 5.00. The van der Waals surface area contributed by atoms with Gasteiger partial charge in [-0.3, -0.25) is 4.79 Å². The fourth-order valence-electron chi connectivity index (χ4n) is 2.18. The summed E-state index contributed by atoms with van der Waals surface area (Å²) < 4.78 is 5.25. The van der Waals surface area contributed by atoms with Crippen molar-refractivity contribution in [1.29, 1.82) is 0 Å². The monoisotopic (exact) mass is 333 g/mol. The Morgan fingerprint density at radius 3 is 2.70 bits per heavy atom. The van der Waals surface area contributed by atoms with Gasteiger partial charge < -0.3 is 21.1 Å². The van der Waals surface area contributed by atoms with Crippen LogP contribution >= 0.6 is 11.3 Å². The summed E-state index contributed by atoms with van der Waals surface area (Å²) in [5.74, 6) is 0.543. The van der Waals surface area contributed by atoms with Gasteiger partial charge in [0.25, 0.3) is 0 Å². The topological polar surface area (TPSA) is 93.4 Å². The number of urea groups is 1. The predicted octanol–water partition coefficient (Wildman–Crippen LogP) is 2.17. The maximum Gasteiger partial charge on any atom is 0.312 e. The molecule has 0 saturated heterocycles. The highest BCUT2D eigenvalue weighted by atomic mass is 32.1. The van der Waals surface area contributed by atoms with Gasteiger partial charge in [0.15, 0.2) is 0 Å². The molecule has 6 nitrogen and oxygen atoms in total. The van der Waals surface area contributed by atoms with E-state index in [9.17, 15) is 9.59 Å². The molecule has 0 radical (unpaired) electrons. The molecule has 2 rings (SSSR count). The maximum atomic E-state index is 12.2. The summed E-state index contributed by atoms with van der Waals surface area (Å²) in [6.07, 6.45) is 0.124. The first kappa shape index (κ1) is 16.8. The molecule has 0 spiro atoms. The molecule has 0 fully saturated rings. The molecule has 0 bridgehead atoms. The Morgan fingerprint density at radius 1 is 1.26 bits per heavy atom. The van der Waals surface area contributed by atoms with Gasteiger partial charge in [-0.15, -0.1) is 11.3 Å². The lowest BCUT2D eigenvalue weighted by Crippen LogP contribution is -2.36. The number of hydrogen-bond donors (Lipinski definition) is 3. The number of para-hydroxylation sites is 1. The van der Waals surface area contributed by atoms with Crippen LogP contribution in [-0.4, -0.2) is 19.0 Å². The van der Waals surface area contributed by atoms with Crippen molar-refractivity contribution in [3.05, 3.63) is 52.2 Å². The normalized spacial score (nSPS) is 11.5. The van der Waals surface area contributed by atoms with Crippen LogP contribution in [0.4, 0.5) is 4.79 Å². The first-order valence-corrected chi connectivity index (χ1v) is 7.96. The number of carbonyl (C=O) groups is 2. The molecular formula is C16H19N3O3S. The second-order valence-electron chi connectivity index (χ2n) is 4.87. The average Bonchev–Trinajstić information content (AvgIpc) is 3.06. The molecule has 0 saturated carbocycles. The van der Waals surface area contributed by atoms with Crippen LogP contribution in [0.3, 0.4) is 0 Å². The van der Waals surface area contributed by atoms with E-state index in [1.165, 1.54) is 11.3 Å². The van der Waals surface area contributed by atoms with Crippen molar-refractivity contribution >= 4 is 23.3 Å². The van der Waals surface area contributed by atoms with E-state index < -0.39 is 12.1 Å². The number of nitrogens with two attached hydrogens (primary N) is 1. The Hall–Kier alpha value is -2.54. The number of methoxy groups -OCH3 is 1. The second-order valence-corrected chi connectivity index (χ2v) is 5.85. The summed E-state index contributed by atoms with van der Waals surface area (Å²) in [6.45, 7) is 0.358. The lowest BCUT2D eigenvalue weighted by molar-refractivity contribution is -0.121. The first-order chi connectivity index (χ1) is 11.1. The number of benzene rings is 1. The first-order valence-electron chi connectivity index (χ1n) is 7.08. The minimum Gasteiger partial charge on any atom is -0.496 e. The van der Waals surface area contributed by atoms with Gasteiger partial charge in [0, 0.05) is 17.0 Å². The summed E-state index contributed by atoms with van der Waals surface area (Å²) in [7, 11) is 1.59. The van der Waals surface area contributed by atoms with Crippen LogP contribution in [0.15, 0.2) is 41.8 Å². The van der Waals surface area contributed by atoms with E-state index >= 15 is 0 Å². The number of rotatable bonds is 7. The number of thiophene rings is 1. The van der Waals surface area contributed by atoms with E-state index in [1.807, 2.05) is 41.8 Å². The molecule has 1 aromatic carbocycles. The molecule has 0 unspecified atom stereocenters. The van der Waals surface area contributed by atoms with Crippen LogP contribution in [-0.2, 0) is 11.3 Å². The molecule has 122 valence electrons. The van der Waals surface area contributed by atoms with E-state index in [1.54, 1.807) is 7.11 Å². The standard InChI is InChI=1S/C16H19N3O3S/c1-22-13-6-3-2-5-11(13)10-18-15(20)9-12(19-16(17)21)14-7-4-8-23-14/h2-8,12H,9-10H2,1H3,(H,18,20)(H3,17,19,21)/t12-/m0/s1. The molecule has 3 amide bonds. The van der Waals surface area contributed by atoms with Crippen LogP contribution < -0.4 is 21.1 Å². The second kappa shape index (κ2) is 8.19. The molecule has 4 N–H and O–H groups in total. The number of ether oxygens (including phenoxy) is 1. The van der Waals surface area contributed by atoms with Crippen LogP contribution in [0.1, 0.15) is 22.9 Å². The van der Waals surface area contributed by atoms with Crippen molar-refractivity contribution in [3.63, 3.8) is 0 Å². The molecule has 23 heavy (non-hydrogen) atoms. The zero-order chi connectivity index (χ0) is 16.7. The van der Waals surface area contributed by atoms with Crippen molar-refractivity contribution in [3.8, 4) is 5.75 Å². The lowest BCUT2D eigenvalue weighted by atomic mass is 10.1. The molecule has 0 aliphatic rings. The zero-order valence-corrected chi connectivity index (χ0v) is 13.6. The molecule has 0 aliphatic carbocycles. The Balaban J connectivity index is 1.95. The Labute approximate surface area is 138 Å². The van der Waals surface area contributed by atoms with Gasteiger partial charge in [-0.05, 0) is 17.5 Å². The van der Waals surface area contributed by atoms with Crippen LogP contribution in [0.25, 0.3) is 0 Å². The summed E-state index contributed by atoms with van der Waals surface area (Å²) in [6, 6.07) is 10.1. The van der Waals surface area contributed by atoms with E-state index in [4.69, 9.17) is 10.5 Å². The number of primary amides is 1. The molecule has 2 aromatic rings. The smallest absolute Gasteiger partial charge is 0.312 e. The third-order valence-electron chi connectivity index (χ3n) is 3.26. The summed E-state index contributed by atoms with van der Waals surface area (Å²) >= 11 is 1.47. The number of hydrogen-bond acceptors (Lipinski definition) is 4. The maximum absolute atomic E-state index is 12.2. The summed E-state index contributed by atoms with van der Waals surface area (Å²) in [5, 5.41) is 7.32. The number of nitrogens with one attached hydrogen (secondary N) is 2. The van der Waals surface area contributed by atoms with Gasteiger partial charge in [-0.25, -0.2) is 4.79 Å². The Bertz CT molecular complexity index is 658. The van der Waals surface area contributed by atoms with E-state index in [2.05, 4.69) is 10.6 Å². The van der Waals surface area contributed by atoms with Crippen molar-refractivity contribution in [2.45, 2.75) is 19.0 Å². The molecular weight excluding hydrogens is 314 g/mol. The van der Waals surface area contributed by atoms with Gasteiger partial charge in [-0.1, -0.05) is 24.3 Å². The van der Waals surface area contributed by atoms with Crippen molar-refractivity contribution in [2.75, 3.05) is 7.11 Å². The SMILES string of the molecule is COc1ccccc1CNC(=O)C[C@H](NC(N)=O)c1cccs1. The largest absolute Gasteiger partial charge is 0.496 e. The van der Waals surface area contributed by atoms with Crippen molar-refractivity contribution in [1.82, 2.24) is 10.6 Å². The Kier molecular flexibility index (Phi) is 5.99. The highest BCUT2D eigenvalue weighted by Gasteiger charge is 2.18. The van der Waals surface area contributed by atoms with E-state index in [-0.39, 0.29) is 12.3 Å². The van der Waals surface area contributed by atoms with E-state index in [0.29, 0.717) is 6.54 Å². The fraction of sp³-hybridized carbons (Fsp3) is 0.250. The van der Waals surface area contributed by atoms with Gasteiger partial charge in [0.2, 0.25) is 5.91 Å². The summed E-state index contributed by atoms with van der Waals surface area (Å²) in [4.78, 5) is 24.2. The van der Waals surface area contributed by atoms with Gasteiger partial charge in [-0.2, -0.15) is 0 Å². The minimum atomic E-state index is -0.652. The van der Waals surface area contributed by atoms with Crippen molar-refractivity contribution < 1.29 is 14.3 Å². The van der Waals surface area contributed by atoms with E-state index in [0.717, 1.165) is 16.2 Å². The van der Waals surface area contributed by atoms with Crippen LogP contribution in [0, 0.1) is 0 Å². The predicted molar refractivity (Wildman–Crippen MR) is 89.2 cm³/mol.